The van der Waals surface area contributed by atoms with E-state index in [0.29, 0.717) is 48.8 Å². The molecule has 0 radical (unpaired) electrons. The van der Waals surface area contributed by atoms with E-state index in [-0.39, 0.29) is 5.91 Å². The van der Waals surface area contributed by atoms with Crippen LogP contribution in [0.3, 0.4) is 0 Å². The van der Waals surface area contributed by atoms with Gasteiger partial charge in [-0.05, 0) is 36.8 Å². The number of aryl methyl sites for hydroxylation is 1. The van der Waals surface area contributed by atoms with Crippen LogP contribution in [0.15, 0.2) is 54.9 Å². The summed E-state index contributed by atoms with van der Waals surface area (Å²) in [5.74, 6) is 0.864. The molecule has 5 rings (SSSR count). The smallest absolute Gasteiger partial charge is 0.227 e. The van der Waals surface area contributed by atoms with Crippen LogP contribution in [0.25, 0.3) is 16.9 Å². The molecule has 0 atom stereocenters. The molecule has 1 fully saturated rings. The highest BCUT2D eigenvalue weighted by atomic mass is 35.5. The SMILES string of the molecule is Cc1ccc(-n2nnc3c(N4CCN(C(=O)Cc5ccc(Cl)cc5)CC4)ncnc32)cc1. The van der Waals surface area contributed by atoms with E-state index in [2.05, 4.69) is 25.2 Å². The summed E-state index contributed by atoms with van der Waals surface area (Å²) in [6.07, 6.45) is 1.92. The third kappa shape index (κ3) is 4.01. The van der Waals surface area contributed by atoms with Gasteiger partial charge in [0, 0.05) is 31.2 Å². The highest BCUT2D eigenvalue weighted by Crippen LogP contribution is 2.24. The van der Waals surface area contributed by atoms with Crippen LogP contribution < -0.4 is 4.90 Å². The Hall–Kier alpha value is -3.52. The third-order valence-corrected chi connectivity index (χ3v) is 5.95. The van der Waals surface area contributed by atoms with Crippen molar-refractivity contribution in [1.82, 2.24) is 29.9 Å². The third-order valence-electron chi connectivity index (χ3n) is 5.70. The van der Waals surface area contributed by atoms with Crippen LogP contribution in [0.5, 0.6) is 0 Å². The first-order valence-corrected chi connectivity index (χ1v) is 10.9. The maximum atomic E-state index is 12.7. The molecule has 0 saturated carbocycles. The molecule has 32 heavy (non-hydrogen) atoms. The van der Waals surface area contributed by atoms with E-state index in [4.69, 9.17) is 11.6 Å². The van der Waals surface area contributed by atoms with Crippen molar-refractivity contribution >= 4 is 34.5 Å². The highest BCUT2D eigenvalue weighted by Gasteiger charge is 2.25. The number of carbonyl (C=O) groups is 1. The van der Waals surface area contributed by atoms with E-state index in [0.717, 1.165) is 17.1 Å². The maximum absolute atomic E-state index is 12.7. The number of nitrogens with zero attached hydrogens (tertiary/aromatic N) is 7. The summed E-state index contributed by atoms with van der Waals surface area (Å²) >= 11 is 5.93. The molecular formula is C23H22ClN7O. The van der Waals surface area contributed by atoms with Gasteiger partial charge in [0.15, 0.2) is 17.0 Å². The molecule has 162 valence electrons. The number of carbonyl (C=O) groups excluding carboxylic acids is 1. The minimum absolute atomic E-state index is 0.116. The Bertz CT molecular complexity index is 1250. The van der Waals surface area contributed by atoms with Crippen LogP contribution in [-0.4, -0.2) is 61.9 Å². The first-order valence-electron chi connectivity index (χ1n) is 10.5. The van der Waals surface area contributed by atoms with Crippen LogP contribution >= 0.6 is 11.6 Å². The lowest BCUT2D eigenvalue weighted by molar-refractivity contribution is -0.130. The van der Waals surface area contributed by atoms with Gasteiger partial charge >= 0.3 is 0 Å². The van der Waals surface area contributed by atoms with E-state index in [1.807, 2.05) is 60.4 Å². The van der Waals surface area contributed by atoms with Gasteiger partial charge in [0.1, 0.15) is 6.33 Å². The summed E-state index contributed by atoms with van der Waals surface area (Å²) in [7, 11) is 0. The molecule has 8 nitrogen and oxygen atoms in total. The number of halogens is 1. The second-order valence-electron chi connectivity index (χ2n) is 7.88. The summed E-state index contributed by atoms with van der Waals surface area (Å²) in [6, 6.07) is 15.5. The normalized spacial score (nSPS) is 14.2. The van der Waals surface area contributed by atoms with Gasteiger partial charge in [0.05, 0.1) is 12.1 Å². The molecule has 1 aliphatic heterocycles. The van der Waals surface area contributed by atoms with E-state index in [1.54, 1.807) is 11.0 Å². The van der Waals surface area contributed by atoms with Gasteiger partial charge in [-0.25, -0.2) is 9.97 Å². The zero-order valence-corrected chi connectivity index (χ0v) is 18.4. The quantitative estimate of drug-likeness (QED) is 0.478. The molecule has 1 aliphatic rings. The molecule has 2 aromatic carbocycles. The zero-order chi connectivity index (χ0) is 22.1. The predicted octanol–water partition coefficient (Wildman–Crippen LogP) is 3.06. The summed E-state index contributed by atoms with van der Waals surface area (Å²) in [5, 5.41) is 9.35. The molecule has 0 unspecified atom stereocenters. The molecular weight excluding hydrogens is 426 g/mol. The fraction of sp³-hybridized carbons (Fsp3) is 0.261. The van der Waals surface area contributed by atoms with Crippen molar-refractivity contribution in [2.45, 2.75) is 13.3 Å². The molecule has 9 heteroatoms. The van der Waals surface area contributed by atoms with Crippen LogP contribution in [0.1, 0.15) is 11.1 Å². The van der Waals surface area contributed by atoms with Crippen LogP contribution in [0.2, 0.25) is 5.02 Å². The Morgan fingerprint density at radius 3 is 2.41 bits per heavy atom. The van der Waals surface area contributed by atoms with Crippen molar-refractivity contribution in [3.63, 3.8) is 0 Å². The van der Waals surface area contributed by atoms with Crippen molar-refractivity contribution in [3.8, 4) is 5.69 Å². The van der Waals surface area contributed by atoms with Gasteiger partial charge in [-0.1, -0.05) is 46.6 Å². The van der Waals surface area contributed by atoms with Gasteiger partial charge in [-0.2, -0.15) is 4.68 Å². The monoisotopic (exact) mass is 447 g/mol. The average Bonchev–Trinajstić information content (AvgIpc) is 3.25. The molecule has 3 heterocycles. The van der Waals surface area contributed by atoms with Gasteiger partial charge in [-0.15, -0.1) is 5.10 Å². The van der Waals surface area contributed by atoms with E-state index < -0.39 is 0 Å². The summed E-state index contributed by atoms with van der Waals surface area (Å²) in [5.41, 5.74) is 4.37. The predicted molar refractivity (Wildman–Crippen MR) is 123 cm³/mol. The number of benzene rings is 2. The molecule has 4 aromatic rings. The Labute approximate surface area is 190 Å². The van der Waals surface area contributed by atoms with Crippen molar-refractivity contribution < 1.29 is 4.79 Å². The molecule has 0 N–H and O–H groups in total. The van der Waals surface area contributed by atoms with Gasteiger partial charge in [0.25, 0.3) is 0 Å². The van der Waals surface area contributed by atoms with Crippen molar-refractivity contribution in [3.05, 3.63) is 71.0 Å². The van der Waals surface area contributed by atoms with Crippen molar-refractivity contribution in [2.75, 3.05) is 31.1 Å². The van der Waals surface area contributed by atoms with E-state index in [1.165, 1.54) is 5.56 Å². The number of aromatic nitrogens is 5. The fourth-order valence-electron chi connectivity index (χ4n) is 3.88. The molecule has 1 saturated heterocycles. The largest absolute Gasteiger partial charge is 0.351 e. The van der Waals surface area contributed by atoms with E-state index in [9.17, 15) is 4.79 Å². The second-order valence-corrected chi connectivity index (χ2v) is 8.31. The topological polar surface area (TPSA) is 80.0 Å². The number of hydrogen-bond donors (Lipinski definition) is 0. The van der Waals surface area contributed by atoms with Crippen LogP contribution in [0, 0.1) is 6.92 Å². The number of fused-ring (bicyclic) bond motifs is 1. The Balaban J connectivity index is 1.30. The second kappa shape index (κ2) is 8.55. The van der Waals surface area contributed by atoms with Gasteiger partial charge in [-0.3, -0.25) is 4.79 Å². The lowest BCUT2D eigenvalue weighted by Crippen LogP contribution is -2.49. The number of hydrogen-bond acceptors (Lipinski definition) is 6. The molecule has 1 amide bonds. The maximum Gasteiger partial charge on any atom is 0.227 e. The first kappa shape index (κ1) is 20.4. The number of rotatable bonds is 4. The van der Waals surface area contributed by atoms with Gasteiger partial charge in [0.2, 0.25) is 5.91 Å². The molecule has 0 aliphatic carbocycles. The molecule has 0 spiro atoms. The summed E-state index contributed by atoms with van der Waals surface area (Å²) < 4.78 is 1.73. The van der Waals surface area contributed by atoms with E-state index >= 15 is 0 Å². The minimum Gasteiger partial charge on any atom is -0.351 e. The Kier molecular flexibility index (Phi) is 5.45. The first-order chi connectivity index (χ1) is 15.6. The van der Waals surface area contributed by atoms with Crippen molar-refractivity contribution in [1.29, 1.82) is 0 Å². The average molecular weight is 448 g/mol. The van der Waals surface area contributed by atoms with Crippen LogP contribution in [0.4, 0.5) is 5.82 Å². The summed E-state index contributed by atoms with van der Waals surface area (Å²) in [4.78, 5) is 25.7. The highest BCUT2D eigenvalue weighted by molar-refractivity contribution is 6.30. The minimum atomic E-state index is 0.116. The van der Waals surface area contributed by atoms with Crippen LogP contribution in [-0.2, 0) is 11.2 Å². The Morgan fingerprint density at radius 2 is 1.69 bits per heavy atom. The Morgan fingerprint density at radius 1 is 0.969 bits per heavy atom. The lowest BCUT2D eigenvalue weighted by Gasteiger charge is -2.35. The number of amides is 1. The number of anilines is 1. The number of piperazine rings is 1. The molecule has 2 aromatic heterocycles. The molecule has 0 bridgehead atoms. The fourth-order valence-corrected chi connectivity index (χ4v) is 4.01. The van der Waals surface area contributed by atoms with Crippen molar-refractivity contribution in [2.24, 2.45) is 0 Å². The summed E-state index contributed by atoms with van der Waals surface area (Å²) in [6.45, 7) is 4.66. The lowest BCUT2D eigenvalue weighted by atomic mass is 10.1. The van der Waals surface area contributed by atoms with Gasteiger partial charge < -0.3 is 9.80 Å². The standard InChI is InChI=1S/C23H22ClN7O/c1-16-2-8-19(9-3-16)31-23-21(27-28-31)22(25-15-26-23)30-12-10-29(11-13-30)20(32)14-17-4-6-18(24)7-5-17/h2-9,15H,10-14H2,1H3. The zero-order valence-electron chi connectivity index (χ0n) is 17.6.